The molecule has 0 bridgehead atoms. The van der Waals surface area contributed by atoms with Crippen molar-refractivity contribution in [3.8, 4) is 0 Å². The van der Waals surface area contributed by atoms with E-state index in [0.717, 1.165) is 16.8 Å². The molecule has 0 aliphatic carbocycles. The molecule has 0 atom stereocenters. The normalized spacial score (nSPS) is 9.80. The molecule has 3 heteroatoms. The Morgan fingerprint density at radius 2 is 1.93 bits per heavy atom. The van der Waals surface area contributed by atoms with Gasteiger partial charge in [-0.25, -0.2) is 0 Å². The van der Waals surface area contributed by atoms with Crippen molar-refractivity contribution in [2.75, 3.05) is 5.32 Å². The average Bonchev–Trinajstić information content (AvgIpc) is 2.08. The fraction of sp³-hybridized carbons (Fsp3) is 0.333. The number of hydrogen-bond acceptors (Lipinski definition) is 2. The molecule has 0 unspecified atom stereocenters. The van der Waals surface area contributed by atoms with E-state index in [1.165, 1.54) is 6.92 Å². The molecule has 0 heterocycles. The van der Waals surface area contributed by atoms with Crippen LogP contribution in [-0.4, -0.2) is 11.7 Å². The van der Waals surface area contributed by atoms with Gasteiger partial charge in [-0.3, -0.25) is 9.59 Å². The van der Waals surface area contributed by atoms with Gasteiger partial charge in [0.1, 0.15) is 5.78 Å². The molecule has 0 spiro atoms. The first-order valence-corrected chi connectivity index (χ1v) is 4.85. The maximum atomic E-state index is 10.9. The fourth-order valence-electron chi connectivity index (χ4n) is 1.45. The molecule has 0 saturated carbocycles. The van der Waals surface area contributed by atoms with Crippen LogP contribution in [0.15, 0.2) is 18.2 Å². The lowest BCUT2D eigenvalue weighted by atomic mass is 10.1. The molecule has 3 nitrogen and oxygen atoms in total. The van der Waals surface area contributed by atoms with Crippen molar-refractivity contribution in [1.82, 2.24) is 0 Å². The van der Waals surface area contributed by atoms with E-state index in [-0.39, 0.29) is 11.7 Å². The second-order valence-electron chi connectivity index (χ2n) is 3.71. The van der Waals surface area contributed by atoms with Crippen LogP contribution >= 0.6 is 0 Å². The molecular formula is C12H15NO2. The molecular weight excluding hydrogens is 190 g/mol. The van der Waals surface area contributed by atoms with Crippen molar-refractivity contribution in [2.45, 2.75) is 27.2 Å². The largest absolute Gasteiger partial charge is 0.326 e. The molecule has 0 aliphatic heterocycles. The molecule has 1 amide bonds. The predicted octanol–water partition coefficient (Wildman–Crippen LogP) is 2.08. The Kier molecular flexibility index (Phi) is 3.61. The lowest BCUT2D eigenvalue weighted by molar-refractivity contribution is -0.116. The Morgan fingerprint density at radius 1 is 1.27 bits per heavy atom. The zero-order valence-corrected chi connectivity index (χ0v) is 9.26. The van der Waals surface area contributed by atoms with Gasteiger partial charge in [-0.15, -0.1) is 0 Å². The standard InChI is InChI=1S/C12H15NO2/c1-8-6-11(7-9(2)14)4-5-12(8)13-10(3)15/h4-6H,7H2,1-3H3,(H,13,15). The first-order valence-electron chi connectivity index (χ1n) is 4.85. The summed E-state index contributed by atoms with van der Waals surface area (Å²) in [5.74, 6) is 0.0547. The number of benzene rings is 1. The van der Waals surface area contributed by atoms with Crippen molar-refractivity contribution in [1.29, 1.82) is 0 Å². The molecule has 1 aromatic rings. The van der Waals surface area contributed by atoms with E-state index in [1.54, 1.807) is 6.92 Å². The Bertz CT molecular complexity index is 397. The average molecular weight is 205 g/mol. The van der Waals surface area contributed by atoms with Gasteiger partial charge >= 0.3 is 0 Å². The monoisotopic (exact) mass is 205 g/mol. The number of Topliss-reactive ketones (excluding diaryl/α,β-unsaturated/α-hetero) is 1. The molecule has 1 aromatic carbocycles. The minimum absolute atomic E-state index is 0.0857. The fourth-order valence-corrected chi connectivity index (χ4v) is 1.45. The van der Waals surface area contributed by atoms with Crippen molar-refractivity contribution in [3.05, 3.63) is 29.3 Å². The Morgan fingerprint density at radius 3 is 2.40 bits per heavy atom. The van der Waals surface area contributed by atoms with E-state index in [1.807, 2.05) is 25.1 Å². The molecule has 15 heavy (non-hydrogen) atoms. The van der Waals surface area contributed by atoms with Crippen molar-refractivity contribution >= 4 is 17.4 Å². The minimum atomic E-state index is -0.0857. The summed E-state index contributed by atoms with van der Waals surface area (Å²) in [6.45, 7) is 4.95. The van der Waals surface area contributed by atoms with Crippen LogP contribution in [0.1, 0.15) is 25.0 Å². The van der Waals surface area contributed by atoms with Gasteiger partial charge in [-0.2, -0.15) is 0 Å². The Labute approximate surface area is 89.5 Å². The highest BCUT2D eigenvalue weighted by molar-refractivity contribution is 5.89. The van der Waals surface area contributed by atoms with Crippen molar-refractivity contribution in [3.63, 3.8) is 0 Å². The highest BCUT2D eigenvalue weighted by Crippen LogP contribution is 2.16. The van der Waals surface area contributed by atoms with Crippen molar-refractivity contribution in [2.24, 2.45) is 0 Å². The predicted molar refractivity (Wildman–Crippen MR) is 59.9 cm³/mol. The topological polar surface area (TPSA) is 46.2 Å². The Hall–Kier alpha value is -1.64. The summed E-state index contributed by atoms with van der Waals surface area (Å²) in [6, 6.07) is 5.61. The van der Waals surface area contributed by atoms with Gasteiger partial charge in [0.2, 0.25) is 5.91 Å². The molecule has 80 valence electrons. The van der Waals surface area contributed by atoms with E-state index in [0.29, 0.717) is 6.42 Å². The summed E-state index contributed by atoms with van der Waals surface area (Å²) in [6.07, 6.45) is 0.446. The van der Waals surface area contributed by atoms with Gasteiger partial charge in [0, 0.05) is 19.0 Å². The van der Waals surface area contributed by atoms with Crippen LogP contribution in [0.2, 0.25) is 0 Å². The number of anilines is 1. The smallest absolute Gasteiger partial charge is 0.221 e. The summed E-state index contributed by atoms with van der Waals surface area (Å²) in [5, 5.41) is 2.73. The molecule has 0 radical (unpaired) electrons. The highest BCUT2D eigenvalue weighted by Gasteiger charge is 2.03. The SMILES string of the molecule is CC(=O)Cc1ccc(NC(C)=O)c(C)c1. The van der Waals surface area contributed by atoms with Gasteiger partial charge in [0.05, 0.1) is 0 Å². The van der Waals surface area contributed by atoms with Gasteiger partial charge in [-0.1, -0.05) is 12.1 Å². The first-order chi connectivity index (χ1) is 6.99. The molecule has 1 rings (SSSR count). The van der Waals surface area contributed by atoms with Crippen LogP contribution in [0, 0.1) is 6.92 Å². The van der Waals surface area contributed by atoms with Crippen LogP contribution in [-0.2, 0) is 16.0 Å². The molecule has 0 aromatic heterocycles. The van der Waals surface area contributed by atoms with Crippen LogP contribution in [0.3, 0.4) is 0 Å². The third-order valence-electron chi connectivity index (χ3n) is 2.05. The maximum absolute atomic E-state index is 10.9. The van der Waals surface area contributed by atoms with E-state index in [2.05, 4.69) is 5.32 Å². The second-order valence-corrected chi connectivity index (χ2v) is 3.71. The third-order valence-corrected chi connectivity index (χ3v) is 2.05. The molecule has 1 N–H and O–H groups in total. The van der Waals surface area contributed by atoms with E-state index < -0.39 is 0 Å². The lowest BCUT2D eigenvalue weighted by Gasteiger charge is -2.07. The van der Waals surface area contributed by atoms with Crippen LogP contribution in [0.4, 0.5) is 5.69 Å². The van der Waals surface area contributed by atoms with Crippen LogP contribution in [0.25, 0.3) is 0 Å². The number of hydrogen-bond donors (Lipinski definition) is 1. The molecule has 0 aliphatic rings. The lowest BCUT2D eigenvalue weighted by Crippen LogP contribution is -2.07. The summed E-state index contributed by atoms with van der Waals surface area (Å²) in [7, 11) is 0. The van der Waals surface area contributed by atoms with Gasteiger partial charge < -0.3 is 5.32 Å². The molecule has 0 fully saturated rings. The van der Waals surface area contributed by atoms with Crippen molar-refractivity contribution < 1.29 is 9.59 Å². The third kappa shape index (κ3) is 3.54. The number of nitrogens with one attached hydrogen (secondary N) is 1. The summed E-state index contributed by atoms with van der Waals surface area (Å²) < 4.78 is 0. The van der Waals surface area contributed by atoms with E-state index in [9.17, 15) is 9.59 Å². The van der Waals surface area contributed by atoms with E-state index in [4.69, 9.17) is 0 Å². The number of carbonyl (C=O) groups is 2. The summed E-state index contributed by atoms with van der Waals surface area (Å²) >= 11 is 0. The quantitative estimate of drug-likeness (QED) is 0.821. The first kappa shape index (κ1) is 11.4. The van der Waals surface area contributed by atoms with Gasteiger partial charge in [0.25, 0.3) is 0 Å². The van der Waals surface area contributed by atoms with Gasteiger partial charge in [-0.05, 0) is 31.0 Å². The number of amides is 1. The Balaban J connectivity index is 2.87. The van der Waals surface area contributed by atoms with Gasteiger partial charge in [0.15, 0.2) is 0 Å². The zero-order valence-electron chi connectivity index (χ0n) is 9.26. The van der Waals surface area contributed by atoms with Crippen LogP contribution in [0.5, 0.6) is 0 Å². The minimum Gasteiger partial charge on any atom is -0.326 e. The number of rotatable bonds is 3. The zero-order chi connectivity index (χ0) is 11.4. The maximum Gasteiger partial charge on any atom is 0.221 e. The number of carbonyl (C=O) groups excluding carboxylic acids is 2. The second kappa shape index (κ2) is 4.73. The summed E-state index contributed by atoms with van der Waals surface area (Å²) in [5.41, 5.74) is 2.76. The number of aryl methyl sites for hydroxylation is 1. The van der Waals surface area contributed by atoms with E-state index >= 15 is 0 Å². The highest BCUT2D eigenvalue weighted by atomic mass is 16.1. The molecule has 0 saturated heterocycles. The number of ketones is 1. The van der Waals surface area contributed by atoms with Crippen LogP contribution < -0.4 is 5.32 Å². The summed E-state index contributed by atoms with van der Waals surface area (Å²) in [4.78, 5) is 21.8.